The van der Waals surface area contributed by atoms with Crippen molar-refractivity contribution in [3.8, 4) is 0 Å². The minimum Gasteiger partial charge on any atom is -0.355 e. The number of carbonyl (C=O) groups is 1. The van der Waals surface area contributed by atoms with E-state index in [0.717, 1.165) is 32.5 Å². The first kappa shape index (κ1) is 20.3. The van der Waals surface area contributed by atoms with E-state index in [0.29, 0.717) is 5.92 Å². The lowest BCUT2D eigenvalue weighted by Gasteiger charge is -2.31. The Bertz CT molecular complexity index is 544. The zero-order valence-electron chi connectivity index (χ0n) is 15.6. The fraction of sp³-hybridized carbons (Fsp3) is 0.667. The van der Waals surface area contributed by atoms with Crippen molar-refractivity contribution in [3.05, 3.63) is 35.4 Å². The van der Waals surface area contributed by atoms with Crippen LogP contribution in [0.5, 0.6) is 0 Å². The second kappa shape index (κ2) is 9.05. The van der Waals surface area contributed by atoms with Crippen molar-refractivity contribution in [2.24, 2.45) is 5.92 Å². The molecule has 0 bridgehead atoms. The summed E-state index contributed by atoms with van der Waals surface area (Å²) in [6.07, 6.45) is 6.88. The molecular weight excluding hydrogens is 332 g/mol. The van der Waals surface area contributed by atoms with Crippen molar-refractivity contribution >= 4 is 18.3 Å². The zero-order valence-corrected chi connectivity index (χ0v) is 16.5. The second-order valence-electron chi connectivity index (χ2n) is 8.01. The molecule has 2 aliphatic rings. The summed E-state index contributed by atoms with van der Waals surface area (Å²) in [7, 11) is 0. The maximum absolute atomic E-state index is 12.5. The normalized spacial score (nSPS) is 20.3. The van der Waals surface area contributed by atoms with Gasteiger partial charge < -0.3 is 10.6 Å². The Labute approximate surface area is 158 Å². The molecule has 25 heavy (non-hydrogen) atoms. The number of halogens is 1. The number of hydrogen-bond acceptors (Lipinski definition) is 2. The molecule has 4 heteroatoms. The van der Waals surface area contributed by atoms with E-state index in [4.69, 9.17) is 0 Å². The van der Waals surface area contributed by atoms with E-state index in [-0.39, 0.29) is 29.6 Å². The summed E-state index contributed by atoms with van der Waals surface area (Å²) < 4.78 is 0. The van der Waals surface area contributed by atoms with Gasteiger partial charge in [-0.2, -0.15) is 0 Å². The average Bonchev–Trinajstić information content (AvgIpc) is 3.11. The van der Waals surface area contributed by atoms with Crippen LogP contribution in [0.25, 0.3) is 0 Å². The molecule has 0 spiro atoms. The molecule has 1 aromatic carbocycles. The van der Waals surface area contributed by atoms with Crippen molar-refractivity contribution in [3.63, 3.8) is 0 Å². The minimum absolute atomic E-state index is 0. The molecule has 1 aliphatic carbocycles. The van der Waals surface area contributed by atoms with Gasteiger partial charge in [-0.05, 0) is 55.8 Å². The summed E-state index contributed by atoms with van der Waals surface area (Å²) in [6.45, 7) is 7.22. The van der Waals surface area contributed by atoms with E-state index in [9.17, 15) is 4.79 Å². The highest BCUT2D eigenvalue weighted by molar-refractivity contribution is 5.85. The van der Waals surface area contributed by atoms with Gasteiger partial charge >= 0.3 is 0 Å². The lowest BCUT2D eigenvalue weighted by Crippen LogP contribution is -2.44. The van der Waals surface area contributed by atoms with Gasteiger partial charge in [-0.1, -0.05) is 51.0 Å². The first-order chi connectivity index (χ1) is 11.6. The summed E-state index contributed by atoms with van der Waals surface area (Å²) >= 11 is 0. The maximum Gasteiger partial charge on any atom is 0.223 e. The topological polar surface area (TPSA) is 41.1 Å². The third-order valence-corrected chi connectivity index (χ3v) is 6.06. The highest BCUT2D eigenvalue weighted by Gasteiger charge is 2.36. The molecule has 0 unspecified atom stereocenters. The zero-order chi connectivity index (χ0) is 17.0. The molecule has 1 aliphatic heterocycles. The quantitative estimate of drug-likeness (QED) is 0.823. The Morgan fingerprint density at radius 3 is 2.32 bits per heavy atom. The summed E-state index contributed by atoms with van der Waals surface area (Å²) in [5, 5.41) is 6.64. The van der Waals surface area contributed by atoms with E-state index in [1.165, 1.54) is 36.8 Å². The van der Waals surface area contributed by atoms with Crippen molar-refractivity contribution in [2.45, 2.75) is 63.7 Å². The molecule has 2 N–H and O–H groups in total. The molecule has 0 atom stereocenters. The van der Waals surface area contributed by atoms with Crippen LogP contribution in [-0.4, -0.2) is 25.5 Å². The molecule has 0 radical (unpaired) electrons. The monoisotopic (exact) mass is 364 g/mol. The SMILES string of the molecule is CC(C)c1ccc(C2(CNC(=O)C3CCNCC3)CCCC2)cc1.Cl. The predicted molar refractivity (Wildman–Crippen MR) is 107 cm³/mol. The third-order valence-electron chi connectivity index (χ3n) is 6.06. The highest BCUT2D eigenvalue weighted by Crippen LogP contribution is 2.41. The largest absolute Gasteiger partial charge is 0.355 e. The van der Waals surface area contributed by atoms with E-state index in [1.54, 1.807) is 0 Å². The van der Waals surface area contributed by atoms with Crippen LogP contribution in [0.2, 0.25) is 0 Å². The fourth-order valence-corrected chi connectivity index (χ4v) is 4.33. The molecule has 1 saturated carbocycles. The smallest absolute Gasteiger partial charge is 0.223 e. The van der Waals surface area contributed by atoms with Crippen LogP contribution in [0.1, 0.15) is 69.4 Å². The van der Waals surface area contributed by atoms with Gasteiger partial charge in [0.15, 0.2) is 0 Å². The van der Waals surface area contributed by atoms with Crippen LogP contribution in [0.15, 0.2) is 24.3 Å². The van der Waals surface area contributed by atoms with Crippen molar-refractivity contribution < 1.29 is 4.79 Å². The molecule has 2 fully saturated rings. The van der Waals surface area contributed by atoms with Gasteiger partial charge in [0.1, 0.15) is 0 Å². The molecule has 0 aromatic heterocycles. The fourth-order valence-electron chi connectivity index (χ4n) is 4.33. The van der Waals surface area contributed by atoms with Crippen LogP contribution in [0.4, 0.5) is 0 Å². The van der Waals surface area contributed by atoms with Gasteiger partial charge in [0.2, 0.25) is 5.91 Å². The van der Waals surface area contributed by atoms with Gasteiger partial charge in [-0.15, -0.1) is 12.4 Å². The third kappa shape index (κ3) is 4.77. The number of nitrogens with one attached hydrogen (secondary N) is 2. The van der Waals surface area contributed by atoms with E-state index in [2.05, 4.69) is 48.7 Å². The van der Waals surface area contributed by atoms with Crippen molar-refractivity contribution in [2.75, 3.05) is 19.6 Å². The number of benzene rings is 1. The van der Waals surface area contributed by atoms with Crippen molar-refractivity contribution in [1.82, 2.24) is 10.6 Å². The number of amides is 1. The Kier molecular flexibility index (Phi) is 7.33. The second-order valence-corrected chi connectivity index (χ2v) is 8.01. The molecule has 1 saturated heterocycles. The molecule has 3 rings (SSSR count). The standard InChI is InChI=1S/C21H32N2O.ClH/c1-16(2)17-5-7-19(8-6-17)21(11-3-4-12-21)15-23-20(24)18-9-13-22-14-10-18;/h5-8,16,18,22H,3-4,9-15H2,1-2H3,(H,23,24);1H. The first-order valence-corrected chi connectivity index (χ1v) is 9.70. The molecule has 140 valence electrons. The number of hydrogen-bond donors (Lipinski definition) is 2. The van der Waals surface area contributed by atoms with Crippen LogP contribution in [0.3, 0.4) is 0 Å². The van der Waals surface area contributed by atoms with E-state index >= 15 is 0 Å². The Hall–Kier alpha value is -1.06. The molecule has 3 nitrogen and oxygen atoms in total. The summed E-state index contributed by atoms with van der Waals surface area (Å²) in [5.74, 6) is 1.03. The number of carbonyl (C=O) groups excluding carboxylic acids is 1. The molecule has 1 aromatic rings. The van der Waals surface area contributed by atoms with Gasteiger partial charge in [-0.3, -0.25) is 4.79 Å². The van der Waals surface area contributed by atoms with Crippen LogP contribution < -0.4 is 10.6 Å². The van der Waals surface area contributed by atoms with Crippen LogP contribution in [0, 0.1) is 5.92 Å². The van der Waals surface area contributed by atoms with Crippen LogP contribution >= 0.6 is 12.4 Å². The number of piperidine rings is 1. The Morgan fingerprint density at radius 2 is 1.76 bits per heavy atom. The maximum atomic E-state index is 12.5. The molecule has 1 heterocycles. The van der Waals surface area contributed by atoms with Gasteiger partial charge in [0.25, 0.3) is 0 Å². The summed E-state index contributed by atoms with van der Waals surface area (Å²) in [5.41, 5.74) is 2.96. The average molecular weight is 365 g/mol. The van der Waals surface area contributed by atoms with Crippen molar-refractivity contribution in [1.29, 1.82) is 0 Å². The lowest BCUT2D eigenvalue weighted by molar-refractivity contribution is -0.126. The Morgan fingerprint density at radius 1 is 1.16 bits per heavy atom. The van der Waals surface area contributed by atoms with E-state index in [1.807, 2.05) is 0 Å². The van der Waals surface area contributed by atoms with Crippen LogP contribution in [-0.2, 0) is 10.2 Å². The van der Waals surface area contributed by atoms with Gasteiger partial charge in [0, 0.05) is 17.9 Å². The van der Waals surface area contributed by atoms with Gasteiger partial charge in [-0.25, -0.2) is 0 Å². The summed E-state index contributed by atoms with van der Waals surface area (Å²) in [6, 6.07) is 9.15. The number of rotatable bonds is 5. The molecule has 1 amide bonds. The highest BCUT2D eigenvalue weighted by atomic mass is 35.5. The minimum atomic E-state index is 0. The Balaban J connectivity index is 0.00000225. The first-order valence-electron chi connectivity index (χ1n) is 9.70. The predicted octanol–water partition coefficient (Wildman–Crippen LogP) is 4.16. The van der Waals surface area contributed by atoms with E-state index < -0.39 is 0 Å². The lowest BCUT2D eigenvalue weighted by atomic mass is 9.78. The van der Waals surface area contributed by atoms with Gasteiger partial charge in [0.05, 0.1) is 0 Å². The summed E-state index contributed by atoms with van der Waals surface area (Å²) in [4.78, 5) is 12.5. The molecular formula is C21H33ClN2O.